The van der Waals surface area contributed by atoms with E-state index in [-0.39, 0.29) is 6.79 Å². The molecule has 0 spiro atoms. The van der Waals surface area contributed by atoms with E-state index in [0.29, 0.717) is 17.1 Å². The lowest BCUT2D eigenvalue weighted by Gasteiger charge is -2.06. The predicted octanol–water partition coefficient (Wildman–Crippen LogP) is 1.84. The maximum atomic E-state index is 9.43. The molecule has 0 bridgehead atoms. The Morgan fingerprint density at radius 3 is 3.00 bits per heavy atom. The van der Waals surface area contributed by atoms with Crippen molar-refractivity contribution < 1.29 is 14.6 Å². The van der Waals surface area contributed by atoms with E-state index in [1.807, 2.05) is 0 Å². The van der Waals surface area contributed by atoms with Crippen molar-refractivity contribution >= 4 is 15.9 Å². The van der Waals surface area contributed by atoms with Crippen LogP contribution in [0.4, 0.5) is 0 Å². The first-order chi connectivity index (χ1) is 6.72. The van der Waals surface area contributed by atoms with Crippen molar-refractivity contribution in [2.75, 3.05) is 6.79 Å². The summed E-state index contributed by atoms with van der Waals surface area (Å²) in [6.45, 7) is 0.198. The van der Waals surface area contributed by atoms with Gasteiger partial charge >= 0.3 is 0 Å². The van der Waals surface area contributed by atoms with E-state index in [1.165, 1.54) is 0 Å². The van der Waals surface area contributed by atoms with E-state index in [0.717, 1.165) is 4.47 Å². The molecule has 1 aromatic carbocycles. The number of aliphatic hydroxyl groups excluding tert-OH is 1. The van der Waals surface area contributed by atoms with Crippen molar-refractivity contribution in [1.29, 1.82) is 0 Å². The van der Waals surface area contributed by atoms with Gasteiger partial charge in [0.2, 0.25) is 6.79 Å². The second-order valence-electron chi connectivity index (χ2n) is 2.81. The van der Waals surface area contributed by atoms with Crippen LogP contribution in [0.25, 0.3) is 0 Å². The quantitative estimate of drug-likeness (QED) is 0.778. The van der Waals surface area contributed by atoms with Gasteiger partial charge in [0.15, 0.2) is 11.5 Å². The topological polar surface area (TPSA) is 38.7 Å². The fraction of sp³-hybridized carbons (Fsp3) is 0.200. The summed E-state index contributed by atoms with van der Waals surface area (Å²) in [5.41, 5.74) is 0.614. The van der Waals surface area contributed by atoms with Crippen molar-refractivity contribution in [3.05, 3.63) is 22.2 Å². The lowest BCUT2D eigenvalue weighted by atomic mass is 10.1. The van der Waals surface area contributed by atoms with Gasteiger partial charge in [0.25, 0.3) is 0 Å². The molecule has 14 heavy (non-hydrogen) atoms. The van der Waals surface area contributed by atoms with Crippen LogP contribution in [0.2, 0.25) is 0 Å². The number of benzene rings is 1. The van der Waals surface area contributed by atoms with Crippen LogP contribution in [0.15, 0.2) is 16.6 Å². The van der Waals surface area contributed by atoms with Crippen LogP contribution in [0.1, 0.15) is 11.7 Å². The molecule has 2 rings (SSSR count). The third kappa shape index (κ3) is 1.45. The Morgan fingerprint density at radius 2 is 2.29 bits per heavy atom. The number of aliphatic hydroxyl groups is 1. The lowest BCUT2D eigenvalue weighted by molar-refractivity contribution is 0.173. The summed E-state index contributed by atoms with van der Waals surface area (Å²) < 4.78 is 11.1. The Labute approximate surface area is 89.8 Å². The molecule has 4 heteroatoms. The Morgan fingerprint density at radius 1 is 1.50 bits per heavy atom. The largest absolute Gasteiger partial charge is 0.454 e. The first kappa shape index (κ1) is 9.38. The Kier molecular flexibility index (Phi) is 2.36. The van der Waals surface area contributed by atoms with Crippen molar-refractivity contribution in [3.8, 4) is 23.8 Å². The van der Waals surface area contributed by atoms with E-state index in [9.17, 15) is 5.11 Å². The first-order valence-corrected chi connectivity index (χ1v) is 4.75. The van der Waals surface area contributed by atoms with Crippen LogP contribution < -0.4 is 9.47 Å². The average Bonchev–Trinajstić information content (AvgIpc) is 2.64. The molecule has 0 saturated heterocycles. The predicted molar refractivity (Wildman–Crippen MR) is 54.1 cm³/mol. The monoisotopic (exact) mass is 254 g/mol. The van der Waals surface area contributed by atoms with Crippen molar-refractivity contribution in [2.24, 2.45) is 0 Å². The fourth-order valence-electron chi connectivity index (χ4n) is 1.24. The standard InChI is InChI=1S/C10H7BrO3/c1-2-8(12)6-3-7(11)10-9(4-6)13-5-14-10/h1,3-4,8,12H,5H2. The zero-order valence-electron chi connectivity index (χ0n) is 7.16. The fourth-order valence-corrected chi connectivity index (χ4v) is 1.82. The van der Waals surface area contributed by atoms with E-state index in [1.54, 1.807) is 12.1 Å². The summed E-state index contributed by atoms with van der Waals surface area (Å²) in [7, 11) is 0. The highest BCUT2D eigenvalue weighted by Crippen LogP contribution is 2.41. The second-order valence-corrected chi connectivity index (χ2v) is 3.66. The van der Waals surface area contributed by atoms with Crippen LogP contribution in [0.3, 0.4) is 0 Å². The van der Waals surface area contributed by atoms with Gasteiger partial charge in [-0.25, -0.2) is 0 Å². The molecular weight excluding hydrogens is 248 g/mol. The van der Waals surface area contributed by atoms with Gasteiger partial charge in [-0.1, -0.05) is 5.92 Å². The molecule has 0 aliphatic carbocycles. The zero-order chi connectivity index (χ0) is 10.1. The molecule has 1 atom stereocenters. The third-order valence-corrected chi connectivity index (χ3v) is 2.51. The number of hydrogen-bond donors (Lipinski definition) is 1. The molecule has 72 valence electrons. The normalized spacial score (nSPS) is 14.9. The van der Waals surface area contributed by atoms with Gasteiger partial charge in [0, 0.05) is 0 Å². The number of terminal acetylenes is 1. The Hall–Kier alpha value is -1.18. The van der Waals surface area contributed by atoms with Crippen molar-refractivity contribution in [1.82, 2.24) is 0 Å². The van der Waals surface area contributed by atoms with E-state index in [2.05, 4.69) is 21.9 Å². The van der Waals surface area contributed by atoms with Crippen molar-refractivity contribution in [2.45, 2.75) is 6.10 Å². The smallest absolute Gasteiger partial charge is 0.231 e. The van der Waals surface area contributed by atoms with Crippen LogP contribution in [-0.2, 0) is 0 Å². The van der Waals surface area contributed by atoms with Crippen LogP contribution in [0, 0.1) is 12.3 Å². The van der Waals surface area contributed by atoms with E-state index in [4.69, 9.17) is 15.9 Å². The molecule has 0 radical (unpaired) electrons. The minimum absolute atomic E-state index is 0.198. The van der Waals surface area contributed by atoms with Gasteiger partial charge < -0.3 is 14.6 Å². The average molecular weight is 255 g/mol. The Balaban J connectivity index is 2.48. The molecule has 0 fully saturated rings. The third-order valence-electron chi connectivity index (χ3n) is 1.92. The van der Waals surface area contributed by atoms with Gasteiger partial charge in [-0.05, 0) is 33.6 Å². The van der Waals surface area contributed by atoms with E-state index >= 15 is 0 Å². The maximum Gasteiger partial charge on any atom is 0.231 e. The zero-order valence-corrected chi connectivity index (χ0v) is 8.74. The van der Waals surface area contributed by atoms with Crippen LogP contribution >= 0.6 is 15.9 Å². The summed E-state index contributed by atoms with van der Waals surface area (Å²) in [6.07, 6.45) is 4.20. The maximum absolute atomic E-state index is 9.43. The van der Waals surface area contributed by atoms with Crippen LogP contribution in [0.5, 0.6) is 11.5 Å². The summed E-state index contributed by atoms with van der Waals surface area (Å²) in [6, 6.07) is 3.40. The van der Waals surface area contributed by atoms with Gasteiger partial charge in [0.05, 0.1) is 4.47 Å². The van der Waals surface area contributed by atoms with Gasteiger partial charge in [-0.2, -0.15) is 0 Å². The molecule has 1 aliphatic heterocycles. The number of halogens is 1. The van der Waals surface area contributed by atoms with E-state index < -0.39 is 6.10 Å². The summed E-state index contributed by atoms with van der Waals surface area (Å²) in [4.78, 5) is 0. The summed E-state index contributed by atoms with van der Waals surface area (Å²) in [5.74, 6) is 3.49. The van der Waals surface area contributed by atoms with Crippen LogP contribution in [-0.4, -0.2) is 11.9 Å². The minimum Gasteiger partial charge on any atom is -0.454 e. The van der Waals surface area contributed by atoms with Gasteiger partial charge in [-0.3, -0.25) is 0 Å². The Bertz CT molecular complexity index is 409. The number of hydrogen-bond acceptors (Lipinski definition) is 3. The number of fused-ring (bicyclic) bond motifs is 1. The minimum atomic E-state index is -0.916. The second kappa shape index (κ2) is 3.52. The molecule has 0 aromatic heterocycles. The summed E-state index contributed by atoms with van der Waals surface area (Å²) >= 11 is 3.31. The van der Waals surface area contributed by atoms with Gasteiger partial charge in [0.1, 0.15) is 6.10 Å². The molecule has 0 saturated carbocycles. The SMILES string of the molecule is C#CC(O)c1cc(Br)c2c(c1)OCO2. The number of ether oxygens (including phenoxy) is 2. The number of rotatable bonds is 1. The molecule has 1 aliphatic rings. The molecule has 3 nitrogen and oxygen atoms in total. The molecule has 1 heterocycles. The molecular formula is C10H7BrO3. The van der Waals surface area contributed by atoms with Crippen molar-refractivity contribution in [3.63, 3.8) is 0 Å². The first-order valence-electron chi connectivity index (χ1n) is 3.95. The highest BCUT2D eigenvalue weighted by molar-refractivity contribution is 9.10. The highest BCUT2D eigenvalue weighted by atomic mass is 79.9. The van der Waals surface area contributed by atoms with Gasteiger partial charge in [-0.15, -0.1) is 6.42 Å². The molecule has 1 aromatic rings. The molecule has 1 N–H and O–H groups in total. The summed E-state index contributed by atoms with van der Waals surface area (Å²) in [5, 5.41) is 9.43. The molecule has 0 amide bonds. The highest BCUT2D eigenvalue weighted by Gasteiger charge is 2.19. The molecule has 1 unspecified atom stereocenters. The lowest BCUT2D eigenvalue weighted by Crippen LogP contribution is -1.93.